The molecule has 304 valence electrons. The lowest BCUT2D eigenvalue weighted by atomic mass is 9.89. The van der Waals surface area contributed by atoms with Crippen LogP contribution in [-0.2, 0) is 35.1 Å². The Labute approximate surface area is 322 Å². The number of amides is 4. The molecule has 54 heavy (non-hydrogen) atoms. The van der Waals surface area contributed by atoms with E-state index in [4.69, 9.17) is 15.2 Å². The van der Waals surface area contributed by atoms with Gasteiger partial charge in [0, 0.05) is 39.5 Å². The van der Waals surface area contributed by atoms with Gasteiger partial charge in [0.1, 0.15) is 6.04 Å². The van der Waals surface area contributed by atoms with Crippen LogP contribution in [0, 0.1) is 29.6 Å². The Balaban J connectivity index is 1.44. The summed E-state index contributed by atoms with van der Waals surface area (Å²) in [6, 6.07) is 5.37. The fraction of sp³-hybridized carbons (Fsp3) is 0.756. The molecule has 3 fully saturated rings. The summed E-state index contributed by atoms with van der Waals surface area (Å²) in [7, 11) is 4.88. The largest absolute Gasteiger partial charge is 0.399 e. The number of carbonyl (C=O) groups excluding carboxylic acids is 4. The van der Waals surface area contributed by atoms with Gasteiger partial charge in [-0.25, -0.2) is 0 Å². The number of methoxy groups -OCH3 is 2. The van der Waals surface area contributed by atoms with Crippen molar-refractivity contribution in [2.45, 2.75) is 135 Å². The zero-order valence-corrected chi connectivity index (χ0v) is 34.0. The van der Waals surface area contributed by atoms with Gasteiger partial charge in [-0.3, -0.25) is 19.2 Å². The summed E-state index contributed by atoms with van der Waals surface area (Å²) in [5, 5.41) is 19.6. The van der Waals surface area contributed by atoms with E-state index in [0.717, 1.165) is 31.2 Å². The van der Waals surface area contributed by atoms with Crippen molar-refractivity contribution >= 4 is 29.3 Å². The highest BCUT2D eigenvalue weighted by molar-refractivity contribution is 5.90. The molecule has 12 atom stereocenters. The maximum absolute atomic E-state index is 14.3. The molecule has 2 aliphatic heterocycles. The minimum atomic E-state index is -0.728. The molecular weight excluding hydrogens is 688 g/mol. The molecule has 4 rings (SSSR count). The SMILES string of the molecule is CC[C@H](C)C([C@@H](CC(=O)N1CCC[C@H]1[C@H](OC)[C@@H](C)C(=O)N[C@H](CO)Cc1ccc(N)cc1)OC)N(C)C(=O)[C@@H](NC(=O)[C@H]1N[C@H]2CC[C@H]1[C@@H]2C)C(C)C. The van der Waals surface area contributed by atoms with E-state index in [-0.39, 0.29) is 66.5 Å². The number of nitrogens with one attached hydrogen (secondary N) is 3. The van der Waals surface area contributed by atoms with Crippen molar-refractivity contribution in [3.05, 3.63) is 29.8 Å². The van der Waals surface area contributed by atoms with Crippen molar-refractivity contribution in [3.8, 4) is 0 Å². The van der Waals surface area contributed by atoms with E-state index in [9.17, 15) is 24.3 Å². The molecule has 13 nitrogen and oxygen atoms in total. The normalized spacial score (nSPS) is 26.1. The Hall–Kier alpha value is -3.26. The van der Waals surface area contributed by atoms with Crippen LogP contribution in [0.2, 0.25) is 0 Å². The molecule has 1 aromatic carbocycles. The smallest absolute Gasteiger partial charge is 0.245 e. The number of rotatable bonds is 19. The molecule has 13 heteroatoms. The Morgan fingerprint density at radius 2 is 1.72 bits per heavy atom. The molecule has 1 saturated carbocycles. The predicted molar refractivity (Wildman–Crippen MR) is 209 cm³/mol. The van der Waals surface area contributed by atoms with Crippen molar-refractivity contribution in [2.24, 2.45) is 29.6 Å². The highest BCUT2D eigenvalue weighted by atomic mass is 16.5. The summed E-state index contributed by atoms with van der Waals surface area (Å²) in [5.41, 5.74) is 7.39. The van der Waals surface area contributed by atoms with Crippen LogP contribution >= 0.6 is 0 Å². The third kappa shape index (κ3) is 9.94. The minimum absolute atomic E-state index is 0.00849. The molecule has 3 aliphatic rings. The van der Waals surface area contributed by atoms with Gasteiger partial charge in [-0.2, -0.15) is 0 Å². The van der Waals surface area contributed by atoms with Crippen molar-refractivity contribution in [3.63, 3.8) is 0 Å². The van der Waals surface area contributed by atoms with Gasteiger partial charge in [-0.15, -0.1) is 0 Å². The number of likely N-dealkylation sites (N-methyl/N-ethyl adjacent to an activating group) is 1. The molecule has 4 amide bonds. The first-order valence-corrected chi connectivity index (χ1v) is 20.1. The number of aliphatic hydroxyl groups excluding tert-OH is 1. The quantitative estimate of drug-likeness (QED) is 0.133. The van der Waals surface area contributed by atoms with E-state index in [1.165, 1.54) is 0 Å². The van der Waals surface area contributed by atoms with E-state index in [1.807, 2.05) is 26.0 Å². The maximum atomic E-state index is 14.3. The number of ether oxygens (including phenoxy) is 2. The minimum Gasteiger partial charge on any atom is -0.399 e. The molecule has 2 heterocycles. The van der Waals surface area contributed by atoms with Gasteiger partial charge in [-0.05, 0) is 73.5 Å². The van der Waals surface area contributed by atoms with Crippen molar-refractivity contribution in [1.82, 2.24) is 25.8 Å². The van der Waals surface area contributed by atoms with Crippen molar-refractivity contribution in [1.29, 1.82) is 0 Å². The summed E-state index contributed by atoms with van der Waals surface area (Å²) in [5.74, 6) is -0.783. The summed E-state index contributed by atoms with van der Waals surface area (Å²) >= 11 is 0. The lowest BCUT2D eigenvalue weighted by Crippen LogP contribution is -2.60. The molecule has 6 N–H and O–H groups in total. The predicted octanol–water partition coefficient (Wildman–Crippen LogP) is 2.74. The van der Waals surface area contributed by atoms with E-state index < -0.39 is 36.3 Å². The Bertz CT molecular complexity index is 1410. The number of hydrogen-bond donors (Lipinski definition) is 5. The molecule has 0 radical (unpaired) electrons. The average molecular weight is 757 g/mol. The number of nitrogen functional groups attached to an aromatic ring is 1. The number of anilines is 1. The van der Waals surface area contributed by atoms with Gasteiger partial charge in [0.25, 0.3) is 0 Å². The van der Waals surface area contributed by atoms with Crippen LogP contribution in [0.15, 0.2) is 24.3 Å². The molecule has 0 spiro atoms. The summed E-state index contributed by atoms with van der Waals surface area (Å²) < 4.78 is 12.0. The third-order valence-corrected chi connectivity index (χ3v) is 12.7. The van der Waals surface area contributed by atoms with Crippen LogP contribution in [0.5, 0.6) is 0 Å². The summed E-state index contributed by atoms with van der Waals surface area (Å²) in [4.78, 5) is 59.0. The standard InChI is InChI=1S/C41H68N6O7/c1-10-24(4)37(46(7)41(52)35(23(2)3)45-40(51)36-30-17-18-31(44-36)25(30)5)33(53-8)21-34(49)47-19-11-12-32(47)38(54-9)26(6)39(50)43-29(22-48)20-27-13-15-28(42)16-14-27/h13-16,23-26,29-33,35-38,44,48H,10-12,17-22,42H2,1-9H3,(H,43,50)(H,45,51)/t24-,25-,26+,29-,30-,31-,32-,33+,35-,36-,37?,38+/m0/s1. The van der Waals surface area contributed by atoms with Gasteiger partial charge < -0.3 is 46.1 Å². The van der Waals surface area contributed by atoms with Crippen LogP contribution in [0.1, 0.15) is 85.6 Å². The summed E-state index contributed by atoms with van der Waals surface area (Å²) in [6.07, 6.45) is 3.57. The van der Waals surface area contributed by atoms with Crippen molar-refractivity contribution < 1.29 is 33.8 Å². The van der Waals surface area contributed by atoms with Crippen molar-refractivity contribution in [2.75, 3.05) is 40.2 Å². The van der Waals surface area contributed by atoms with Gasteiger partial charge in [0.05, 0.1) is 55.3 Å². The number of fused-ring (bicyclic) bond motifs is 2. The third-order valence-electron chi connectivity index (χ3n) is 12.7. The van der Waals surface area contributed by atoms with Gasteiger partial charge in [0.2, 0.25) is 23.6 Å². The first-order chi connectivity index (χ1) is 25.7. The van der Waals surface area contributed by atoms with Crippen LogP contribution in [0.25, 0.3) is 0 Å². The number of carbonyl (C=O) groups is 4. The molecule has 1 aliphatic carbocycles. The topological polar surface area (TPSA) is 176 Å². The number of benzene rings is 1. The van der Waals surface area contributed by atoms with Crippen LogP contribution in [-0.4, -0.2) is 121 Å². The zero-order chi connectivity index (χ0) is 39.9. The van der Waals surface area contributed by atoms with E-state index in [0.29, 0.717) is 37.0 Å². The second-order valence-corrected chi connectivity index (χ2v) is 16.5. The summed E-state index contributed by atoms with van der Waals surface area (Å²) in [6.45, 7) is 12.3. The Kier molecular flexibility index (Phi) is 15.7. The number of likely N-dealkylation sites (tertiary alicyclic amines) is 1. The zero-order valence-electron chi connectivity index (χ0n) is 34.0. The highest BCUT2D eigenvalue weighted by Gasteiger charge is 2.49. The Morgan fingerprint density at radius 1 is 1.04 bits per heavy atom. The maximum Gasteiger partial charge on any atom is 0.245 e. The lowest BCUT2D eigenvalue weighted by Gasteiger charge is -2.41. The Morgan fingerprint density at radius 3 is 2.26 bits per heavy atom. The molecular formula is C41H68N6O7. The van der Waals surface area contributed by atoms with Crippen LogP contribution in [0.3, 0.4) is 0 Å². The molecule has 0 aromatic heterocycles. The first kappa shape index (κ1) is 43.5. The average Bonchev–Trinajstić information content (AvgIpc) is 3.87. The fourth-order valence-corrected chi connectivity index (χ4v) is 9.24. The molecule has 2 bridgehead atoms. The van der Waals surface area contributed by atoms with E-state index in [2.05, 4.69) is 36.7 Å². The van der Waals surface area contributed by atoms with Crippen LogP contribution < -0.4 is 21.7 Å². The fourth-order valence-electron chi connectivity index (χ4n) is 9.24. The molecule has 1 unspecified atom stereocenters. The van der Waals surface area contributed by atoms with Gasteiger partial charge >= 0.3 is 0 Å². The number of hydrogen-bond acceptors (Lipinski definition) is 9. The number of nitrogens with zero attached hydrogens (tertiary/aromatic N) is 2. The number of aliphatic hydroxyl groups is 1. The molecule has 2 saturated heterocycles. The van der Waals surface area contributed by atoms with Gasteiger partial charge in [-0.1, -0.05) is 60.1 Å². The monoisotopic (exact) mass is 757 g/mol. The van der Waals surface area contributed by atoms with E-state index in [1.54, 1.807) is 50.1 Å². The van der Waals surface area contributed by atoms with E-state index >= 15 is 0 Å². The molecule has 1 aromatic rings. The second kappa shape index (κ2) is 19.6. The number of piperidine rings is 1. The lowest BCUT2D eigenvalue weighted by molar-refractivity contribution is -0.147. The first-order valence-electron chi connectivity index (χ1n) is 20.1. The number of nitrogens with two attached hydrogens (primary N) is 1. The highest BCUT2D eigenvalue weighted by Crippen LogP contribution is 2.40. The van der Waals surface area contributed by atoms with Crippen LogP contribution in [0.4, 0.5) is 5.69 Å². The second-order valence-electron chi connectivity index (χ2n) is 16.5. The van der Waals surface area contributed by atoms with Gasteiger partial charge in [0.15, 0.2) is 0 Å².